The Balaban J connectivity index is 1.12. The topological polar surface area (TPSA) is 67.2 Å². The van der Waals surface area contributed by atoms with Crippen LogP contribution in [0.1, 0.15) is 53.4 Å². The molecule has 0 atom stereocenters. The molecule has 0 bridgehead atoms. The van der Waals surface area contributed by atoms with Crippen LogP contribution in [-0.4, -0.2) is 65.3 Å². The number of piperazine rings is 1. The molecule has 1 saturated heterocycles. The molecular formula is C35H42Cl2N4O4. The number of nitrogens with zero attached hydrogens (tertiary/aromatic N) is 4. The van der Waals surface area contributed by atoms with Crippen LogP contribution in [0.5, 0.6) is 5.75 Å². The number of anilines is 1. The predicted molar refractivity (Wildman–Crippen MR) is 181 cm³/mol. The molecule has 1 aliphatic heterocycles. The lowest BCUT2D eigenvalue weighted by Gasteiger charge is -2.54. The average molecular weight is 654 g/mol. The normalized spacial score (nSPS) is 17.2. The Morgan fingerprint density at radius 2 is 1.73 bits per heavy atom. The number of hydrogen-bond acceptors (Lipinski definition) is 6. The van der Waals surface area contributed by atoms with Crippen LogP contribution >= 0.6 is 23.2 Å². The second kappa shape index (κ2) is 13.9. The molecule has 1 amide bonds. The van der Waals surface area contributed by atoms with E-state index >= 15 is 0 Å². The van der Waals surface area contributed by atoms with Crippen LogP contribution in [0.15, 0.2) is 53.3 Å². The Bertz CT molecular complexity index is 1640. The first-order chi connectivity index (χ1) is 21.5. The van der Waals surface area contributed by atoms with Gasteiger partial charge in [-0.25, -0.2) is 9.69 Å². The monoisotopic (exact) mass is 652 g/mol. The van der Waals surface area contributed by atoms with Gasteiger partial charge in [0.15, 0.2) is 6.73 Å². The number of amides is 1. The number of aromatic nitrogens is 1. The Hall–Kier alpha value is -3.38. The number of unbranched alkanes of at least 4 members (excludes halogenated alkanes) is 1. The second-order valence-electron chi connectivity index (χ2n) is 13.0. The molecule has 0 spiro atoms. The van der Waals surface area contributed by atoms with E-state index in [9.17, 15) is 9.59 Å². The summed E-state index contributed by atoms with van der Waals surface area (Å²) >= 11 is 12.6. The van der Waals surface area contributed by atoms with Crippen molar-refractivity contribution in [3.63, 3.8) is 0 Å². The van der Waals surface area contributed by atoms with E-state index < -0.39 is 11.6 Å². The van der Waals surface area contributed by atoms with E-state index in [0.717, 1.165) is 69.5 Å². The summed E-state index contributed by atoms with van der Waals surface area (Å²) in [5.41, 5.74) is 1.14. The summed E-state index contributed by atoms with van der Waals surface area (Å²) in [7, 11) is 0. The van der Waals surface area contributed by atoms with E-state index in [1.54, 1.807) is 13.0 Å². The number of halogens is 2. The van der Waals surface area contributed by atoms with Gasteiger partial charge in [0.1, 0.15) is 5.75 Å². The zero-order chi connectivity index (χ0) is 32.2. The number of rotatable bonds is 10. The Morgan fingerprint density at radius 1 is 1.00 bits per heavy atom. The number of ether oxygens (including phenoxy) is 2. The van der Waals surface area contributed by atoms with Crippen LogP contribution in [0.4, 0.5) is 10.5 Å². The van der Waals surface area contributed by atoms with Crippen LogP contribution in [0.2, 0.25) is 10.0 Å². The van der Waals surface area contributed by atoms with Gasteiger partial charge in [-0.05, 0) is 87.2 Å². The lowest BCUT2D eigenvalue weighted by atomic mass is 9.59. The first-order valence-electron chi connectivity index (χ1n) is 15.6. The standard InChI is InChI=1S/C35H42Cl2N4O4/c1-5-15-41(35(4)23-34(2,3)24-35)33(43)45-25-40-30-22-27(13-11-26(30)12-14-31(40)42)44-21-7-6-16-38-17-19-39(20-18-38)29-10-8-9-28(36)32(29)37/h8-14,22H,6-7,16-21,23-25H2,1-4H3. The number of carbonyl (C=O) groups is 1. The molecule has 0 unspecified atom stereocenters. The molecule has 1 aromatic heterocycles. The fourth-order valence-electron chi connectivity index (χ4n) is 6.93. The molecule has 240 valence electrons. The molecule has 1 saturated carbocycles. The SMILES string of the molecule is CC#CN(C(=O)OCn1c(=O)ccc2ccc(OCCCCN3CCN(c4cccc(Cl)c4Cl)CC3)cc21)C1(C)CC(C)(C)C1. The summed E-state index contributed by atoms with van der Waals surface area (Å²) in [5, 5.41) is 2.06. The van der Waals surface area contributed by atoms with Crippen molar-refractivity contribution in [2.45, 2.75) is 65.6 Å². The zero-order valence-electron chi connectivity index (χ0n) is 26.6. The van der Waals surface area contributed by atoms with Gasteiger partial charge in [-0.2, -0.15) is 0 Å². The maximum Gasteiger partial charge on any atom is 0.423 e. The second-order valence-corrected chi connectivity index (χ2v) is 13.8. The van der Waals surface area contributed by atoms with Gasteiger partial charge in [0.2, 0.25) is 0 Å². The third kappa shape index (κ3) is 7.71. The number of hydrogen-bond donors (Lipinski definition) is 0. The molecule has 0 radical (unpaired) electrons. The van der Waals surface area contributed by atoms with Crippen LogP contribution in [0.3, 0.4) is 0 Å². The highest BCUT2D eigenvalue weighted by Gasteiger charge is 2.51. The average Bonchev–Trinajstić information content (AvgIpc) is 2.99. The molecule has 3 aromatic rings. The first-order valence-corrected chi connectivity index (χ1v) is 16.3. The minimum Gasteiger partial charge on any atom is -0.494 e. The fraction of sp³-hybridized carbons (Fsp3) is 0.486. The van der Waals surface area contributed by atoms with Crippen molar-refractivity contribution in [3.05, 3.63) is 68.9 Å². The largest absolute Gasteiger partial charge is 0.494 e. The third-order valence-electron chi connectivity index (χ3n) is 8.73. The number of carbonyl (C=O) groups excluding carboxylic acids is 1. The lowest BCUT2D eigenvalue weighted by Crippen LogP contribution is -2.58. The molecule has 0 N–H and O–H groups in total. The van der Waals surface area contributed by atoms with Gasteiger partial charge in [-0.1, -0.05) is 49.0 Å². The summed E-state index contributed by atoms with van der Waals surface area (Å²) in [6.07, 6.45) is 3.03. The molecule has 5 rings (SSSR count). The Labute approximate surface area is 275 Å². The van der Waals surface area contributed by atoms with Crippen molar-refractivity contribution < 1.29 is 14.3 Å². The number of fused-ring (bicyclic) bond motifs is 1. The minimum atomic E-state index is -0.548. The van der Waals surface area contributed by atoms with Gasteiger partial charge >= 0.3 is 6.09 Å². The molecule has 2 fully saturated rings. The highest BCUT2D eigenvalue weighted by molar-refractivity contribution is 6.43. The van der Waals surface area contributed by atoms with Crippen LogP contribution in [0, 0.1) is 17.4 Å². The van der Waals surface area contributed by atoms with Gasteiger partial charge in [0, 0.05) is 44.4 Å². The fourth-order valence-corrected chi connectivity index (χ4v) is 7.35. The van der Waals surface area contributed by atoms with E-state index in [2.05, 4.69) is 35.6 Å². The summed E-state index contributed by atoms with van der Waals surface area (Å²) in [6.45, 7) is 13.2. The molecule has 2 heterocycles. The van der Waals surface area contributed by atoms with Crippen molar-refractivity contribution in [1.29, 1.82) is 0 Å². The molecule has 2 aliphatic rings. The molecular weight excluding hydrogens is 611 g/mol. The summed E-state index contributed by atoms with van der Waals surface area (Å²) in [6, 6.07) is 17.6. The van der Waals surface area contributed by atoms with Gasteiger partial charge < -0.3 is 14.4 Å². The Kier molecular flexibility index (Phi) is 10.2. The van der Waals surface area contributed by atoms with Gasteiger partial charge in [0.05, 0.1) is 33.4 Å². The van der Waals surface area contributed by atoms with Crippen molar-refractivity contribution in [2.75, 3.05) is 44.2 Å². The maximum absolute atomic E-state index is 13.1. The summed E-state index contributed by atoms with van der Waals surface area (Å²) in [5.74, 6) is 3.50. The quantitative estimate of drug-likeness (QED) is 0.131. The van der Waals surface area contributed by atoms with E-state index in [4.69, 9.17) is 32.7 Å². The van der Waals surface area contributed by atoms with Crippen LogP contribution in [0.25, 0.3) is 10.9 Å². The van der Waals surface area contributed by atoms with Crippen LogP contribution in [-0.2, 0) is 11.5 Å². The van der Waals surface area contributed by atoms with Gasteiger partial charge in [-0.3, -0.25) is 14.3 Å². The highest BCUT2D eigenvalue weighted by Crippen LogP contribution is 2.51. The zero-order valence-corrected chi connectivity index (χ0v) is 28.1. The summed E-state index contributed by atoms with van der Waals surface area (Å²) in [4.78, 5) is 32.2. The minimum absolute atomic E-state index is 0.147. The summed E-state index contributed by atoms with van der Waals surface area (Å²) < 4.78 is 13.2. The van der Waals surface area contributed by atoms with Crippen molar-refractivity contribution in [2.24, 2.45) is 5.41 Å². The van der Waals surface area contributed by atoms with E-state index in [1.807, 2.05) is 43.3 Å². The van der Waals surface area contributed by atoms with Crippen molar-refractivity contribution in [3.8, 4) is 17.7 Å². The predicted octanol–water partition coefficient (Wildman–Crippen LogP) is 7.25. The highest BCUT2D eigenvalue weighted by atomic mass is 35.5. The maximum atomic E-state index is 13.1. The third-order valence-corrected chi connectivity index (χ3v) is 9.54. The first kappa shape index (κ1) is 33.0. The van der Waals surface area contributed by atoms with Crippen molar-refractivity contribution >= 4 is 45.9 Å². The molecule has 8 nitrogen and oxygen atoms in total. The molecule has 45 heavy (non-hydrogen) atoms. The molecule has 10 heteroatoms. The van der Waals surface area contributed by atoms with E-state index in [0.29, 0.717) is 27.9 Å². The molecule has 2 aromatic carbocycles. The smallest absolute Gasteiger partial charge is 0.423 e. The van der Waals surface area contributed by atoms with E-state index in [-0.39, 0.29) is 17.7 Å². The van der Waals surface area contributed by atoms with Gasteiger partial charge in [0.25, 0.3) is 5.56 Å². The van der Waals surface area contributed by atoms with E-state index in [1.165, 1.54) is 15.5 Å². The van der Waals surface area contributed by atoms with Gasteiger partial charge in [-0.15, -0.1) is 0 Å². The molecule has 1 aliphatic carbocycles. The van der Waals surface area contributed by atoms with Crippen molar-refractivity contribution in [1.82, 2.24) is 14.4 Å². The van der Waals surface area contributed by atoms with Crippen LogP contribution < -0.4 is 15.2 Å². The number of pyridine rings is 1. The number of benzene rings is 2. The Morgan fingerprint density at radius 3 is 2.44 bits per heavy atom. The lowest BCUT2D eigenvalue weighted by molar-refractivity contribution is -0.0272.